The molecule has 2 aromatic carbocycles. The summed E-state index contributed by atoms with van der Waals surface area (Å²) in [4.78, 5) is 0. The van der Waals surface area contributed by atoms with E-state index in [1.165, 1.54) is 33.0 Å². The van der Waals surface area contributed by atoms with Crippen molar-refractivity contribution in [1.82, 2.24) is 0 Å². The van der Waals surface area contributed by atoms with Crippen molar-refractivity contribution in [2.75, 3.05) is 0 Å². The fourth-order valence-electron chi connectivity index (χ4n) is 2.31. The van der Waals surface area contributed by atoms with Crippen LogP contribution in [0.15, 0.2) is 24.3 Å². The van der Waals surface area contributed by atoms with Crippen LogP contribution in [-0.2, 0) is 6.42 Å². The standard InChI is InChI=1S/C15H18/c1-5-13-11(3)7-8-14-12(4)10(2)6-9-15(13)14/h6-9H,5H2,1-4H3. The summed E-state index contributed by atoms with van der Waals surface area (Å²) in [5, 5.41) is 2.85. The Morgan fingerprint density at radius 3 is 2.07 bits per heavy atom. The Morgan fingerprint density at radius 1 is 0.800 bits per heavy atom. The summed E-state index contributed by atoms with van der Waals surface area (Å²) in [7, 11) is 0. The Hall–Kier alpha value is -1.30. The van der Waals surface area contributed by atoms with Crippen molar-refractivity contribution in [3.8, 4) is 0 Å². The summed E-state index contributed by atoms with van der Waals surface area (Å²) in [6, 6.07) is 9.00. The Morgan fingerprint density at radius 2 is 1.40 bits per heavy atom. The van der Waals surface area contributed by atoms with Crippen molar-refractivity contribution < 1.29 is 0 Å². The van der Waals surface area contributed by atoms with Crippen molar-refractivity contribution in [1.29, 1.82) is 0 Å². The van der Waals surface area contributed by atoms with E-state index in [1.807, 2.05) is 0 Å². The van der Waals surface area contributed by atoms with Gasteiger partial charge < -0.3 is 0 Å². The largest absolute Gasteiger partial charge is 0.0613 e. The molecule has 0 nitrogen and oxygen atoms in total. The first-order valence-electron chi connectivity index (χ1n) is 5.63. The van der Waals surface area contributed by atoms with E-state index >= 15 is 0 Å². The maximum Gasteiger partial charge on any atom is -0.0147 e. The van der Waals surface area contributed by atoms with Crippen LogP contribution in [0.3, 0.4) is 0 Å². The highest BCUT2D eigenvalue weighted by Gasteiger charge is 2.05. The lowest BCUT2D eigenvalue weighted by atomic mass is 9.93. The molecule has 0 aliphatic heterocycles. The minimum absolute atomic E-state index is 1.12. The van der Waals surface area contributed by atoms with Crippen LogP contribution in [0.2, 0.25) is 0 Å². The van der Waals surface area contributed by atoms with Crippen molar-refractivity contribution >= 4 is 10.8 Å². The molecule has 0 unspecified atom stereocenters. The zero-order valence-corrected chi connectivity index (χ0v) is 10.0. The lowest BCUT2D eigenvalue weighted by molar-refractivity contribution is 1.13. The Bertz CT molecular complexity index is 507. The first-order chi connectivity index (χ1) is 7.15. The van der Waals surface area contributed by atoms with Gasteiger partial charge in [-0.3, -0.25) is 0 Å². The molecule has 0 atom stereocenters. The monoisotopic (exact) mass is 198 g/mol. The molecule has 0 heterocycles. The van der Waals surface area contributed by atoms with Gasteiger partial charge in [-0.25, -0.2) is 0 Å². The van der Waals surface area contributed by atoms with Gasteiger partial charge in [-0.1, -0.05) is 31.2 Å². The van der Waals surface area contributed by atoms with Gasteiger partial charge in [0, 0.05) is 0 Å². The third kappa shape index (κ3) is 1.54. The van der Waals surface area contributed by atoms with Gasteiger partial charge >= 0.3 is 0 Å². The van der Waals surface area contributed by atoms with E-state index in [0.29, 0.717) is 0 Å². The molecule has 2 aromatic rings. The molecule has 0 aliphatic rings. The lowest BCUT2D eigenvalue weighted by Gasteiger charge is -2.11. The third-order valence-electron chi connectivity index (χ3n) is 3.44. The minimum Gasteiger partial charge on any atom is -0.0613 e. The van der Waals surface area contributed by atoms with Gasteiger partial charge in [0.25, 0.3) is 0 Å². The first-order valence-corrected chi connectivity index (χ1v) is 5.63. The Kier molecular flexibility index (Phi) is 2.52. The molecule has 0 heteroatoms. The second kappa shape index (κ2) is 3.69. The summed E-state index contributed by atoms with van der Waals surface area (Å²) in [5.74, 6) is 0. The number of aryl methyl sites for hydroxylation is 4. The van der Waals surface area contributed by atoms with Crippen LogP contribution < -0.4 is 0 Å². The molecule has 0 spiro atoms. The second-order valence-electron chi connectivity index (χ2n) is 4.32. The molecule has 0 N–H and O–H groups in total. The zero-order chi connectivity index (χ0) is 11.0. The summed E-state index contributed by atoms with van der Waals surface area (Å²) in [5.41, 5.74) is 5.71. The minimum atomic E-state index is 1.12. The zero-order valence-electron chi connectivity index (χ0n) is 10.0. The fraction of sp³-hybridized carbons (Fsp3) is 0.333. The molecule has 15 heavy (non-hydrogen) atoms. The summed E-state index contributed by atoms with van der Waals surface area (Å²) < 4.78 is 0. The van der Waals surface area contributed by atoms with Crippen LogP contribution in [0.1, 0.15) is 29.2 Å². The first kappa shape index (κ1) is 10.2. The van der Waals surface area contributed by atoms with E-state index < -0.39 is 0 Å². The van der Waals surface area contributed by atoms with Gasteiger partial charge in [-0.05, 0) is 60.2 Å². The normalized spacial score (nSPS) is 10.9. The molecule has 78 valence electrons. The molecule has 0 saturated heterocycles. The molecule has 0 aromatic heterocycles. The molecule has 0 amide bonds. The van der Waals surface area contributed by atoms with Crippen LogP contribution in [0.4, 0.5) is 0 Å². The van der Waals surface area contributed by atoms with E-state index in [-0.39, 0.29) is 0 Å². The van der Waals surface area contributed by atoms with Gasteiger partial charge in [-0.2, -0.15) is 0 Å². The average Bonchev–Trinajstić information content (AvgIpc) is 2.23. The number of rotatable bonds is 1. The van der Waals surface area contributed by atoms with Gasteiger partial charge in [-0.15, -0.1) is 0 Å². The smallest absolute Gasteiger partial charge is 0.0147 e. The van der Waals surface area contributed by atoms with Crippen LogP contribution in [0.5, 0.6) is 0 Å². The Labute approximate surface area is 91.9 Å². The summed E-state index contributed by atoms with van der Waals surface area (Å²) >= 11 is 0. The molecule has 0 saturated carbocycles. The van der Waals surface area contributed by atoms with Crippen molar-refractivity contribution in [3.63, 3.8) is 0 Å². The number of fused-ring (bicyclic) bond motifs is 1. The molecular formula is C15H18. The van der Waals surface area contributed by atoms with E-state index in [0.717, 1.165) is 6.42 Å². The highest BCUT2D eigenvalue weighted by atomic mass is 14.1. The summed E-state index contributed by atoms with van der Waals surface area (Å²) in [6.45, 7) is 8.83. The SMILES string of the molecule is CCc1c(C)ccc2c(C)c(C)ccc12. The number of hydrogen-bond donors (Lipinski definition) is 0. The topological polar surface area (TPSA) is 0 Å². The van der Waals surface area contributed by atoms with Crippen LogP contribution >= 0.6 is 0 Å². The number of benzene rings is 2. The maximum atomic E-state index is 2.27. The van der Waals surface area contributed by atoms with Gasteiger partial charge in [0.15, 0.2) is 0 Å². The lowest BCUT2D eigenvalue weighted by Crippen LogP contribution is -1.91. The van der Waals surface area contributed by atoms with Crippen LogP contribution in [-0.4, -0.2) is 0 Å². The van der Waals surface area contributed by atoms with E-state index in [1.54, 1.807) is 0 Å². The molecule has 0 bridgehead atoms. The van der Waals surface area contributed by atoms with Crippen molar-refractivity contribution in [2.45, 2.75) is 34.1 Å². The van der Waals surface area contributed by atoms with E-state index in [2.05, 4.69) is 52.0 Å². The Balaban J connectivity index is 2.89. The number of hydrogen-bond acceptors (Lipinski definition) is 0. The maximum absolute atomic E-state index is 2.27. The van der Waals surface area contributed by atoms with Gasteiger partial charge in [0.05, 0.1) is 0 Å². The second-order valence-corrected chi connectivity index (χ2v) is 4.32. The van der Waals surface area contributed by atoms with Crippen LogP contribution in [0.25, 0.3) is 10.8 Å². The highest BCUT2D eigenvalue weighted by molar-refractivity contribution is 5.90. The molecule has 0 aliphatic carbocycles. The van der Waals surface area contributed by atoms with Crippen LogP contribution in [0, 0.1) is 20.8 Å². The summed E-state index contributed by atoms with van der Waals surface area (Å²) in [6.07, 6.45) is 1.12. The third-order valence-corrected chi connectivity index (χ3v) is 3.44. The quantitative estimate of drug-likeness (QED) is 0.640. The molecular weight excluding hydrogens is 180 g/mol. The van der Waals surface area contributed by atoms with Crippen molar-refractivity contribution in [2.24, 2.45) is 0 Å². The van der Waals surface area contributed by atoms with E-state index in [9.17, 15) is 0 Å². The van der Waals surface area contributed by atoms with E-state index in [4.69, 9.17) is 0 Å². The molecule has 0 radical (unpaired) electrons. The van der Waals surface area contributed by atoms with Gasteiger partial charge in [0.1, 0.15) is 0 Å². The molecule has 0 fully saturated rings. The van der Waals surface area contributed by atoms with Gasteiger partial charge in [0.2, 0.25) is 0 Å². The molecule has 2 rings (SSSR count). The average molecular weight is 198 g/mol. The fourth-order valence-corrected chi connectivity index (χ4v) is 2.31. The predicted molar refractivity (Wildman–Crippen MR) is 67.5 cm³/mol. The van der Waals surface area contributed by atoms with Crippen molar-refractivity contribution in [3.05, 3.63) is 46.5 Å². The highest BCUT2D eigenvalue weighted by Crippen LogP contribution is 2.27. The predicted octanol–water partition coefficient (Wildman–Crippen LogP) is 4.33.